The maximum atomic E-state index is 12.2. The van der Waals surface area contributed by atoms with E-state index in [1.807, 2.05) is 0 Å². The molecule has 0 aliphatic carbocycles. The molecule has 1 aromatic rings. The van der Waals surface area contributed by atoms with Crippen LogP contribution in [0.15, 0.2) is 0 Å². The molecule has 0 radical (unpaired) electrons. The molecular weight excluding hydrogens is 348 g/mol. The molecule has 0 aromatic carbocycles. The molecule has 1 aliphatic heterocycles. The number of amides is 2. The molecule has 9 heteroatoms. The van der Waals surface area contributed by atoms with Gasteiger partial charge < -0.3 is 19.5 Å². The van der Waals surface area contributed by atoms with Gasteiger partial charge in [-0.2, -0.15) is 0 Å². The normalized spacial score (nSPS) is 13.4. The van der Waals surface area contributed by atoms with E-state index in [0.29, 0.717) is 17.1 Å². The zero-order valence-electron chi connectivity index (χ0n) is 14.9. The fourth-order valence-corrected chi connectivity index (χ4v) is 3.56. The van der Waals surface area contributed by atoms with Crippen molar-refractivity contribution in [2.24, 2.45) is 0 Å². The minimum absolute atomic E-state index is 0.138. The second-order valence-electron chi connectivity index (χ2n) is 6.52. The number of nitrogens with zero attached hydrogens (tertiary/aromatic N) is 1. The first kappa shape index (κ1) is 19.2. The molecule has 2 heterocycles. The molecule has 0 saturated carbocycles. The fraction of sp³-hybridized carbons (Fsp3) is 0.562. The number of hydrogen-bond acceptors (Lipinski definition) is 7. The van der Waals surface area contributed by atoms with Gasteiger partial charge in [0, 0.05) is 17.6 Å². The van der Waals surface area contributed by atoms with Crippen molar-refractivity contribution >= 4 is 35.0 Å². The number of esters is 1. The highest BCUT2D eigenvalue weighted by molar-refractivity contribution is 7.14. The molecule has 0 saturated heterocycles. The number of ether oxygens (including phenoxy) is 3. The van der Waals surface area contributed by atoms with Gasteiger partial charge in [0.25, 0.3) is 0 Å². The average Bonchev–Trinajstić information content (AvgIpc) is 3.04. The minimum atomic E-state index is -0.597. The van der Waals surface area contributed by atoms with Crippen molar-refractivity contribution in [1.29, 1.82) is 0 Å². The van der Waals surface area contributed by atoms with Crippen molar-refractivity contribution in [3.63, 3.8) is 0 Å². The molecule has 0 atom stereocenters. The summed E-state index contributed by atoms with van der Waals surface area (Å²) >= 11 is 1.20. The van der Waals surface area contributed by atoms with E-state index < -0.39 is 17.7 Å². The Morgan fingerprint density at radius 2 is 1.88 bits per heavy atom. The third-order valence-corrected chi connectivity index (χ3v) is 4.53. The smallest absolute Gasteiger partial charge is 0.410 e. The molecule has 2 amide bonds. The van der Waals surface area contributed by atoms with E-state index in [9.17, 15) is 14.4 Å². The highest BCUT2D eigenvalue weighted by Gasteiger charge is 2.34. The Morgan fingerprint density at radius 3 is 2.44 bits per heavy atom. The number of anilines is 1. The predicted molar refractivity (Wildman–Crippen MR) is 91.6 cm³/mol. The lowest BCUT2D eigenvalue weighted by molar-refractivity contribution is -0.119. The van der Waals surface area contributed by atoms with Crippen molar-refractivity contribution in [3.8, 4) is 0 Å². The van der Waals surface area contributed by atoms with Crippen LogP contribution in [0.4, 0.5) is 10.5 Å². The third-order valence-electron chi connectivity index (χ3n) is 3.34. The zero-order valence-corrected chi connectivity index (χ0v) is 15.7. The molecule has 0 bridgehead atoms. The van der Waals surface area contributed by atoms with Gasteiger partial charge in [0.15, 0.2) is 0 Å². The molecule has 0 spiro atoms. The first-order valence-corrected chi connectivity index (χ1v) is 8.47. The number of thiophene rings is 1. The number of carbonyl (C=O) groups excluding carboxylic acids is 3. The van der Waals surface area contributed by atoms with Crippen LogP contribution in [0, 0.1) is 0 Å². The lowest BCUT2D eigenvalue weighted by atomic mass is 10.2. The first-order chi connectivity index (χ1) is 11.7. The molecular formula is C16H22N2O6S. The topological polar surface area (TPSA) is 94.2 Å². The van der Waals surface area contributed by atoms with Crippen LogP contribution in [0.2, 0.25) is 0 Å². The Morgan fingerprint density at radius 1 is 1.20 bits per heavy atom. The van der Waals surface area contributed by atoms with Gasteiger partial charge in [-0.3, -0.25) is 9.69 Å². The van der Waals surface area contributed by atoms with Gasteiger partial charge in [0.2, 0.25) is 5.91 Å². The summed E-state index contributed by atoms with van der Waals surface area (Å²) < 4.78 is 15.0. The average molecular weight is 370 g/mol. The van der Waals surface area contributed by atoms with Gasteiger partial charge >= 0.3 is 12.1 Å². The van der Waals surface area contributed by atoms with Crippen LogP contribution in [-0.2, 0) is 32.1 Å². The monoisotopic (exact) mass is 370 g/mol. The highest BCUT2D eigenvalue weighted by atomic mass is 32.1. The van der Waals surface area contributed by atoms with Gasteiger partial charge in [0.05, 0.1) is 25.9 Å². The molecule has 1 N–H and O–H groups in total. The number of nitrogens with one attached hydrogen (secondary N) is 1. The van der Waals surface area contributed by atoms with Crippen molar-refractivity contribution in [1.82, 2.24) is 4.90 Å². The SMILES string of the molecule is COCC(=O)Nc1c(C(=O)OC)sc2c1CN(C(=O)OC(C)(C)C)C2. The summed E-state index contributed by atoms with van der Waals surface area (Å²) in [7, 11) is 2.68. The Labute approximate surface area is 150 Å². The molecule has 0 fully saturated rings. The highest BCUT2D eigenvalue weighted by Crippen LogP contribution is 2.40. The molecule has 25 heavy (non-hydrogen) atoms. The van der Waals surface area contributed by atoms with Gasteiger partial charge in [-0.05, 0) is 20.8 Å². The van der Waals surface area contributed by atoms with E-state index in [1.165, 1.54) is 30.5 Å². The summed E-state index contributed by atoms with van der Waals surface area (Å²) in [6, 6.07) is 0. The summed E-state index contributed by atoms with van der Waals surface area (Å²) in [5, 5.41) is 2.68. The maximum Gasteiger partial charge on any atom is 0.410 e. The Kier molecular flexibility index (Phi) is 5.69. The predicted octanol–water partition coefficient (Wildman–Crippen LogP) is 2.37. The zero-order chi connectivity index (χ0) is 18.8. The lowest BCUT2D eigenvalue weighted by Crippen LogP contribution is -2.33. The van der Waals surface area contributed by atoms with Crippen molar-refractivity contribution < 1.29 is 28.6 Å². The van der Waals surface area contributed by atoms with Crippen LogP contribution < -0.4 is 5.32 Å². The molecule has 1 aromatic heterocycles. The quantitative estimate of drug-likeness (QED) is 0.818. The standard InChI is InChI=1S/C16H22N2O6S/c1-16(2,3)24-15(21)18-6-9-10(7-18)25-13(14(20)23-5)12(9)17-11(19)8-22-4/h6-8H2,1-5H3,(H,17,19). The summed E-state index contributed by atoms with van der Waals surface area (Å²) in [5.74, 6) is -0.917. The molecule has 138 valence electrons. The van der Waals surface area contributed by atoms with E-state index in [1.54, 1.807) is 20.8 Å². The summed E-state index contributed by atoms with van der Waals surface area (Å²) in [6.45, 7) is 5.81. The summed E-state index contributed by atoms with van der Waals surface area (Å²) in [6.07, 6.45) is -0.440. The lowest BCUT2D eigenvalue weighted by Gasteiger charge is -2.24. The van der Waals surface area contributed by atoms with Crippen LogP contribution >= 0.6 is 11.3 Å². The third kappa shape index (κ3) is 4.49. The molecule has 1 aliphatic rings. The van der Waals surface area contributed by atoms with Gasteiger partial charge in [-0.15, -0.1) is 11.3 Å². The number of fused-ring (bicyclic) bond motifs is 1. The minimum Gasteiger partial charge on any atom is -0.465 e. The first-order valence-electron chi connectivity index (χ1n) is 7.65. The van der Waals surface area contributed by atoms with Gasteiger partial charge in [0.1, 0.15) is 17.1 Å². The second kappa shape index (κ2) is 7.40. The second-order valence-corrected chi connectivity index (χ2v) is 7.62. The maximum absolute atomic E-state index is 12.2. The van der Waals surface area contributed by atoms with Crippen LogP contribution in [0.5, 0.6) is 0 Å². The molecule has 2 rings (SSSR count). The van der Waals surface area contributed by atoms with Gasteiger partial charge in [-0.1, -0.05) is 0 Å². The largest absolute Gasteiger partial charge is 0.465 e. The number of rotatable bonds is 4. The van der Waals surface area contributed by atoms with Gasteiger partial charge in [-0.25, -0.2) is 9.59 Å². The summed E-state index contributed by atoms with van der Waals surface area (Å²) in [5.41, 5.74) is 0.500. The molecule has 8 nitrogen and oxygen atoms in total. The van der Waals surface area contributed by atoms with Crippen LogP contribution in [-0.4, -0.2) is 49.3 Å². The van der Waals surface area contributed by atoms with E-state index in [4.69, 9.17) is 14.2 Å². The fourth-order valence-electron chi connectivity index (χ4n) is 2.36. The number of carbonyl (C=O) groups is 3. The Bertz CT molecular complexity index is 692. The Hall–Kier alpha value is -2.13. The van der Waals surface area contributed by atoms with Crippen LogP contribution in [0.3, 0.4) is 0 Å². The van der Waals surface area contributed by atoms with E-state index in [-0.39, 0.29) is 19.1 Å². The van der Waals surface area contributed by atoms with E-state index >= 15 is 0 Å². The van der Waals surface area contributed by atoms with E-state index in [0.717, 1.165) is 10.4 Å². The van der Waals surface area contributed by atoms with Crippen molar-refractivity contribution in [2.45, 2.75) is 39.5 Å². The summed E-state index contributed by atoms with van der Waals surface area (Å²) in [4.78, 5) is 38.8. The number of hydrogen-bond donors (Lipinski definition) is 1. The Balaban J connectivity index is 2.25. The van der Waals surface area contributed by atoms with Crippen molar-refractivity contribution in [2.75, 3.05) is 26.1 Å². The van der Waals surface area contributed by atoms with E-state index in [2.05, 4.69) is 5.32 Å². The van der Waals surface area contributed by atoms with Crippen molar-refractivity contribution in [3.05, 3.63) is 15.3 Å². The van der Waals surface area contributed by atoms with Crippen LogP contribution in [0.25, 0.3) is 0 Å². The molecule has 0 unspecified atom stereocenters. The number of methoxy groups -OCH3 is 2. The van der Waals surface area contributed by atoms with Crippen LogP contribution in [0.1, 0.15) is 40.9 Å².